The first kappa shape index (κ1) is 9.28. The average molecular weight is 190 g/mol. The van der Waals surface area contributed by atoms with Gasteiger partial charge in [0.05, 0.1) is 19.8 Å². The normalized spacial score (nSPS) is 19.9. The predicted molar refractivity (Wildman–Crippen MR) is 56.4 cm³/mol. The summed E-state index contributed by atoms with van der Waals surface area (Å²) in [5.74, 6) is 0.917. The van der Waals surface area contributed by atoms with E-state index in [1.807, 2.05) is 24.3 Å². The Balaban J connectivity index is 2.02. The fourth-order valence-electron chi connectivity index (χ4n) is 1.36. The van der Waals surface area contributed by atoms with E-state index in [1.54, 1.807) is 7.11 Å². The minimum atomic E-state index is 0.459. The van der Waals surface area contributed by atoms with Crippen molar-refractivity contribution in [2.45, 2.75) is 12.5 Å². The number of ether oxygens (including phenoxy) is 2. The summed E-state index contributed by atoms with van der Waals surface area (Å²) in [4.78, 5) is 0. The van der Waals surface area contributed by atoms with Gasteiger partial charge in [-0.15, -0.1) is 0 Å². The standard InChI is InChI=1S/C12H14O2/c1-13-12-8-3-2-5-10(12)6-4-7-11-9-14-11/h2-6,8,11H,7,9H2,1H3. The maximum Gasteiger partial charge on any atom is 0.126 e. The second-order valence-corrected chi connectivity index (χ2v) is 3.34. The van der Waals surface area contributed by atoms with Gasteiger partial charge in [0.1, 0.15) is 5.75 Å². The van der Waals surface area contributed by atoms with Crippen molar-refractivity contribution in [3.8, 4) is 5.75 Å². The number of methoxy groups -OCH3 is 1. The lowest BCUT2D eigenvalue weighted by Gasteiger charge is -2.02. The maximum atomic E-state index is 5.24. The van der Waals surface area contributed by atoms with Crippen LogP contribution in [0.4, 0.5) is 0 Å². The molecular weight excluding hydrogens is 176 g/mol. The molecule has 2 nitrogen and oxygen atoms in total. The second-order valence-electron chi connectivity index (χ2n) is 3.34. The number of epoxide rings is 1. The topological polar surface area (TPSA) is 21.8 Å². The highest BCUT2D eigenvalue weighted by atomic mass is 16.6. The monoisotopic (exact) mass is 190 g/mol. The zero-order valence-corrected chi connectivity index (χ0v) is 8.27. The van der Waals surface area contributed by atoms with Crippen molar-refractivity contribution in [3.05, 3.63) is 35.9 Å². The maximum absolute atomic E-state index is 5.24. The molecule has 1 aromatic carbocycles. The molecule has 0 amide bonds. The smallest absolute Gasteiger partial charge is 0.126 e. The SMILES string of the molecule is COc1ccccc1C=CCC1CO1. The molecule has 0 saturated carbocycles. The van der Waals surface area contributed by atoms with Crippen LogP contribution in [-0.4, -0.2) is 19.8 Å². The molecule has 1 aromatic rings. The van der Waals surface area contributed by atoms with Crippen molar-refractivity contribution >= 4 is 6.08 Å². The van der Waals surface area contributed by atoms with Gasteiger partial charge in [-0.25, -0.2) is 0 Å². The van der Waals surface area contributed by atoms with E-state index in [0.29, 0.717) is 6.10 Å². The number of hydrogen-bond acceptors (Lipinski definition) is 2. The Hall–Kier alpha value is -1.28. The van der Waals surface area contributed by atoms with Crippen LogP contribution in [-0.2, 0) is 4.74 Å². The molecular formula is C12H14O2. The van der Waals surface area contributed by atoms with Gasteiger partial charge in [0.2, 0.25) is 0 Å². The summed E-state index contributed by atoms with van der Waals surface area (Å²) in [6, 6.07) is 7.99. The van der Waals surface area contributed by atoms with E-state index < -0.39 is 0 Å². The van der Waals surface area contributed by atoms with E-state index in [2.05, 4.69) is 12.2 Å². The molecule has 0 spiro atoms. The Bertz CT molecular complexity index is 327. The van der Waals surface area contributed by atoms with E-state index in [-0.39, 0.29) is 0 Å². The van der Waals surface area contributed by atoms with E-state index in [1.165, 1.54) is 0 Å². The van der Waals surface area contributed by atoms with E-state index in [4.69, 9.17) is 9.47 Å². The molecule has 1 heterocycles. The van der Waals surface area contributed by atoms with Crippen LogP contribution in [0.15, 0.2) is 30.3 Å². The molecule has 1 aliphatic rings. The molecule has 0 N–H and O–H groups in total. The first-order valence-corrected chi connectivity index (χ1v) is 4.81. The van der Waals surface area contributed by atoms with E-state index in [0.717, 1.165) is 24.3 Å². The summed E-state index contributed by atoms with van der Waals surface area (Å²) in [7, 11) is 1.69. The summed E-state index contributed by atoms with van der Waals surface area (Å²) in [6.45, 7) is 0.913. The molecule has 1 unspecified atom stereocenters. The molecule has 1 fully saturated rings. The van der Waals surface area contributed by atoms with Crippen molar-refractivity contribution < 1.29 is 9.47 Å². The third kappa shape index (κ3) is 2.36. The van der Waals surface area contributed by atoms with Crippen molar-refractivity contribution in [2.24, 2.45) is 0 Å². The fourth-order valence-corrected chi connectivity index (χ4v) is 1.36. The fraction of sp³-hybridized carbons (Fsp3) is 0.333. The number of benzene rings is 1. The molecule has 0 aliphatic carbocycles. The lowest BCUT2D eigenvalue weighted by Crippen LogP contribution is -1.86. The lowest BCUT2D eigenvalue weighted by atomic mass is 10.1. The van der Waals surface area contributed by atoms with Gasteiger partial charge in [0.25, 0.3) is 0 Å². The van der Waals surface area contributed by atoms with Gasteiger partial charge < -0.3 is 9.47 Å². The summed E-state index contributed by atoms with van der Waals surface area (Å²) < 4.78 is 10.4. The van der Waals surface area contributed by atoms with Crippen LogP contribution >= 0.6 is 0 Å². The minimum absolute atomic E-state index is 0.459. The molecule has 74 valence electrons. The molecule has 0 radical (unpaired) electrons. The largest absolute Gasteiger partial charge is 0.496 e. The third-order valence-electron chi connectivity index (χ3n) is 2.24. The van der Waals surface area contributed by atoms with Crippen molar-refractivity contribution in [1.82, 2.24) is 0 Å². The Morgan fingerprint density at radius 2 is 2.29 bits per heavy atom. The van der Waals surface area contributed by atoms with Crippen LogP contribution in [0, 0.1) is 0 Å². The predicted octanol–water partition coefficient (Wildman–Crippen LogP) is 2.50. The molecule has 1 aliphatic heterocycles. The van der Waals surface area contributed by atoms with Gasteiger partial charge >= 0.3 is 0 Å². The molecule has 14 heavy (non-hydrogen) atoms. The first-order chi connectivity index (χ1) is 6.90. The van der Waals surface area contributed by atoms with Crippen LogP contribution in [0.2, 0.25) is 0 Å². The first-order valence-electron chi connectivity index (χ1n) is 4.81. The van der Waals surface area contributed by atoms with E-state index in [9.17, 15) is 0 Å². The number of para-hydroxylation sites is 1. The van der Waals surface area contributed by atoms with Crippen LogP contribution in [0.3, 0.4) is 0 Å². The van der Waals surface area contributed by atoms with Crippen LogP contribution in [0.25, 0.3) is 6.08 Å². The molecule has 1 saturated heterocycles. The van der Waals surface area contributed by atoms with Crippen LogP contribution in [0.5, 0.6) is 5.75 Å². The highest BCUT2D eigenvalue weighted by Crippen LogP contribution is 2.20. The molecule has 0 aromatic heterocycles. The van der Waals surface area contributed by atoms with Crippen LogP contribution < -0.4 is 4.74 Å². The second kappa shape index (κ2) is 4.29. The van der Waals surface area contributed by atoms with Gasteiger partial charge in [-0.3, -0.25) is 0 Å². The quantitative estimate of drug-likeness (QED) is 0.680. The van der Waals surface area contributed by atoms with Crippen molar-refractivity contribution in [1.29, 1.82) is 0 Å². The Morgan fingerprint density at radius 3 is 3.00 bits per heavy atom. The van der Waals surface area contributed by atoms with Crippen LogP contribution in [0.1, 0.15) is 12.0 Å². The minimum Gasteiger partial charge on any atom is -0.496 e. The summed E-state index contributed by atoms with van der Waals surface area (Å²) >= 11 is 0. The van der Waals surface area contributed by atoms with Gasteiger partial charge in [0.15, 0.2) is 0 Å². The van der Waals surface area contributed by atoms with Gasteiger partial charge in [-0.05, 0) is 12.5 Å². The molecule has 1 atom stereocenters. The van der Waals surface area contributed by atoms with Gasteiger partial charge in [-0.1, -0.05) is 30.4 Å². The molecule has 2 heteroatoms. The highest BCUT2D eigenvalue weighted by Gasteiger charge is 2.19. The summed E-state index contributed by atoms with van der Waals surface area (Å²) in [5.41, 5.74) is 1.12. The lowest BCUT2D eigenvalue weighted by molar-refractivity contribution is 0.410. The number of hydrogen-bond donors (Lipinski definition) is 0. The summed E-state index contributed by atoms with van der Waals surface area (Å²) in [5, 5.41) is 0. The van der Waals surface area contributed by atoms with Gasteiger partial charge in [0, 0.05) is 5.56 Å². The van der Waals surface area contributed by atoms with E-state index >= 15 is 0 Å². The highest BCUT2D eigenvalue weighted by molar-refractivity contribution is 5.57. The average Bonchev–Trinajstić information content (AvgIpc) is 3.03. The zero-order valence-electron chi connectivity index (χ0n) is 8.27. The zero-order chi connectivity index (χ0) is 9.80. The Kier molecular flexibility index (Phi) is 2.84. The molecule has 2 rings (SSSR count). The third-order valence-corrected chi connectivity index (χ3v) is 2.24. The summed E-state index contributed by atoms with van der Waals surface area (Å²) in [6.07, 6.45) is 5.68. The Morgan fingerprint density at radius 1 is 1.50 bits per heavy atom. The molecule has 0 bridgehead atoms. The van der Waals surface area contributed by atoms with Crippen molar-refractivity contribution in [3.63, 3.8) is 0 Å². The van der Waals surface area contributed by atoms with Gasteiger partial charge in [-0.2, -0.15) is 0 Å². The van der Waals surface area contributed by atoms with Crippen molar-refractivity contribution in [2.75, 3.05) is 13.7 Å². The number of rotatable bonds is 4. The Labute approximate surface area is 84.2 Å².